The zero-order valence-corrected chi connectivity index (χ0v) is 18.4. The zero-order valence-electron chi connectivity index (χ0n) is 16.9. The lowest BCUT2D eigenvalue weighted by molar-refractivity contribution is -0.125. The standard InChI is InChI=1S/C19H19ClN2O2S.2CH3NO/c20-15-3-7-17(8-4-15)22-13-25-12-18(22)14-1-5-16(6-2-14)21-9-10-24-11-19(21)23;2*2-1-3/h1-8,18H,9-13H2;2*1H,(H2,2,3). The van der Waals surface area contributed by atoms with Crippen molar-refractivity contribution in [2.45, 2.75) is 6.04 Å². The Morgan fingerprint density at radius 1 is 1.00 bits per heavy atom. The summed E-state index contributed by atoms with van der Waals surface area (Å²) in [6.07, 6.45) is 0.500. The third-order valence-electron chi connectivity index (χ3n) is 4.62. The van der Waals surface area contributed by atoms with Gasteiger partial charge in [-0.3, -0.25) is 14.4 Å². The van der Waals surface area contributed by atoms with E-state index in [-0.39, 0.29) is 25.3 Å². The fourth-order valence-corrected chi connectivity index (χ4v) is 4.63. The molecule has 4 rings (SSSR count). The Hall–Kier alpha value is -2.75. The second kappa shape index (κ2) is 12.8. The molecule has 4 N–H and O–H groups in total. The summed E-state index contributed by atoms with van der Waals surface area (Å²) in [4.78, 5) is 33.3. The Bertz CT molecular complexity index is 845. The van der Waals surface area contributed by atoms with Crippen LogP contribution in [0.4, 0.5) is 11.4 Å². The normalized spacial score (nSPS) is 17.7. The van der Waals surface area contributed by atoms with Crippen molar-refractivity contribution >= 4 is 53.5 Å². The number of hydrogen-bond donors (Lipinski definition) is 2. The highest BCUT2D eigenvalue weighted by atomic mass is 35.5. The number of nitrogens with two attached hydrogens (primary N) is 2. The van der Waals surface area contributed by atoms with E-state index in [2.05, 4.69) is 40.6 Å². The molecule has 3 amide bonds. The molecule has 10 heteroatoms. The van der Waals surface area contributed by atoms with Gasteiger partial charge < -0.3 is 26.0 Å². The minimum atomic E-state index is 0.0261. The first-order chi connectivity index (χ1) is 15.0. The second-order valence-corrected chi connectivity index (χ2v) is 7.86. The van der Waals surface area contributed by atoms with E-state index in [1.54, 1.807) is 4.90 Å². The van der Waals surface area contributed by atoms with Gasteiger partial charge in [-0.25, -0.2) is 0 Å². The van der Waals surface area contributed by atoms with Crippen LogP contribution in [0.3, 0.4) is 0 Å². The second-order valence-electron chi connectivity index (χ2n) is 6.42. The van der Waals surface area contributed by atoms with E-state index in [1.165, 1.54) is 11.3 Å². The summed E-state index contributed by atoms with van der Waals surface area (Å²) in [5, 5.41) is 0.756. The number of rotatable bonds is 3. The number of morpholine rings is 1. The van der Waals surface area contributed by atoms with E-state index < -0.39 is 0 Å². The van der Waals surface area contributed by atoms with Crippen LogP contribution >= 0.6 is 23.4 Å². The van der Waals surface area contributed by atoms with Gasteiger partial charge in [-0.1, -0.05) is 23.7 Å². The van der Waals surface area contributed by atoms with Crippen LogP contribution in [0.2, 0.25) is 5.02 Å². The van der Waals surface area contributed by atoms with Gasteiger partial charge in [0, 0.05) is 28.7 Å². The van der Waals surface area contributed by atoms with Gasteiger partial charge in [0.15, 0.2) is 0 Å². The average molecular weight is 465 g/mol. The van der Waals surface area contributed by atoms with Crippen LogP contribution in [-0.2, 0) is 19.1 Å². The molecule has 0 aliphatic carbocycles. The lowest BCUT2D eigenvalue weighted by Crippen LogP contribution is -2.41. The Morgan fingerprint density at radius 3 is 2.16 bits per heavy atom. The van der Waals surface area contributed by atoms with Gasteiger partial charge in [0.2, 0.25) is 12.8 Å². The minimum Gasteiger partial charge on any atom is -0.372 e. The Morgan fingerprint density at radius 2 is 1.58 bits per heavy atom. The summed E-state index contributed by atoms with van der Waals surface area (Å²) in [5.74, 6) is 2.05. The molecule has 2 fully saturated rings. The topological polar surface area (TPSA) is 119 Å². The maximum Gasteiger partial charge on any atom is 0.253 e. The molecule has 31 heavy (non-hydrogen) atoms. The van der Waals surface area contributed by atoms with Crippen molar-refractivity contribution < 1.29 is 19.1 Å². The highest BCUT2D eigenvalue weighted by Gasteiger charge is 2.27. The molecule has 0 aromatic heterocycles. The first-order valence-corrected chi connectivity index (χ1v) is 11.0. The average Bonchev–Trinajstić information content (AvgIpc) is 3.26. The number of ether oxygens (including phenoxy) is 1. The van der Waals surface area contributed by atoms with Gasteiger partial charge in [-0.05, 0) is 42.0 Å². The first-order valence-electron chi connectivity index (χ1n) is 9.44. The van der Waals surface area contributed by atoms with Crippen molar-refractivity contribution in [1.82, 2.24) is 0 Å². The number of thioether (sulfide) groups is 1. The number of carbonyl (C=O) groups is 3. The SMILES string of the molecule is NC=O.NC=O.O=C1COCCN1c1ccc(C2CSCN2c2ccc(Cl)cc2)cc1. The quantitative estimate of drug-likeness (QED) is 0.672. The van der Waals surface area contributed by atoms with Crippen molar-refractivity contribution in [1.29, 1.82) is 0 Å². The van der Waals surface area contributed by atoms with Gasteiger partial charge in [-0.15, -0.1) is 11.8 Å². The summed E-state index contributed by atoms with van der Waals surface area (Å²) < 4.78 is 5.20. The minimum absolute atomic E-state index is 0.0261. The molecule has 0 spiro atoms. The highest BCUT2D eigenvalue weighted by Crippen LogP contribution is 2.38. The van der Waals surface area contributed by atoms with Crippen molar-refractivity contribution in [2.24, 2.45) is 11.5 Å². The molecule has 166 valence electrons. The number of halogens is 1. The zero-order chi connectivity index (χ0) is 22.6. The van der Waals surface area contributed by atoms with E-state index >= 15 is 0 Å². The number of anilines is 2. The van der Waals surface area contributed by atoms with E-state index in [0.29, 0.717) is 19.2 Å². The molecule has 2 saturated heterocycles. The maximum absolute atomic E-state index is 12.0. The van der Waals surface area contributed by atoms with Gasteiger partial charge >= 0.3 is 0 Å². The summed E-state index contributed by atoms with van der Waals surface area (Å²) in [7, 11) is 0. The molecule has 1 atom stereocenters. The van der Waals surface area contributed by atoms with Crippen LogP contribution in [0.25, 0.3) is 0 Å². The van der Waals surface area contributed by atoms with Gasteiger partial charge in [0.25, 0.3) is 5.91 Å². The third kappa shape index (κ3) is 6.88. The summed E-state index contributed by atoms with van der Waals surface area (Å²) in [5.41, 5.74) is 11.7. The number of benzene rings is 2. The summed E-state index contributed by atoms with van der Waals surface area (Å²) in [6.45, 7) is 1.39. The number of nitrogens with zero attached hydrogens (tertiary/aromatic N) is 2. The van der Waals surface area contributed by atoms with Crippen molar-refractivity contribution in [3.63, 3.8) is 0 Å². The fraction of sp³-hybridized carbons (Fsp3) is 0.286. The molecule has 8 nitrogen and oxygen atoms in total. The molecule has 0 bridgehead atoms. The summed E-state index contributed by atoms with van der Waals surface area (Å²) in [6, 6.07) is 16.7. The van der Waals surface area contributed by atoms with Crippen molar-refractivity contribution in [2.75, 3.05) is 41.2 Å². The molecule has 2 aliphatic rings. The smallest absolute Gasteiger partial charge is 0.253 e. The van der Waals surface area contributed by atoms with Crippen LogP contribution in [0.5, 0.6) is 0 Å². The number of primary amides is 2. The Balaban J connectivity index is 0.000000513. The molecular weight excluding hydrogens is 440 g/mol. The van der Waals surface area contributed by atoms with E-state index in [0.717, 1.165) is 22.3 Å². The lowest BCUT2D eigenvalue weighted by atomic mass is 10.1. The van der Waals surface area contributed by atoms with Crippen LogP contribution in [0.1, 0.15) is 11.6 Å². The molecule has 1 unspecified atom stereocenters. The van der Waals surface area contributed by atoms with Crippen molar-refractivity contribution in [3.8, 4) is 0 Å². The predicted octanol–water partition coefficient (Wildman–Crippen LogP) is 2.16. The van der Waals surface area contributed by atoms with E-state index in [9.17, 15) is 4.79 Å². The van der Waals surface area contributed by atoms with Crippen molar-refractivity contribution in [3.05, 3.63) is 59.1 Å². The molecule has 2 aliphatic heterocycles. The number of hydrogen-bond acceptors (Lipinski definition) is 6. The first kappa shape index (κ1) is 24.5. The molecule has 0 saturated carbocycles. The maximum atomic E-state index is 12.0. The van der Waals surface area contributed by atoms with Gasteiger partial charge in [0.1, 0.15) is 6.61 Å². The van der Waals surface area contributed by atoms with Gasteiger partial charge in [-0.2, -0.15) is 0 Å². The monoisotopic (exact) mass is 464 g/mol. The molecular formula is C21H25ClN4O4S. The third-order valence-corrected chi connectivity index (χ3v) is 5.88. The Kier molecular flexibility index (Phi) is 10.2. The Labute approximate surface area is 190 Å². The lowest BCUT2D eigenvalue weighted by Gasteiger charge is -2.29. The van der Waals surface area contributed by atoms with Gasteiger partial charge in [0.05, 0.1) is 18.5 Å². The molecule has 2 aromatic rings. The summed E-state index contributed by atoms with van der Waals surface area (Å²) >= 11 is 7.94. The molecule has 2 aromatic carbocycles. The van der Waals surface area contributed by atoms with E-state index in [1.807, 2.05) is 36.0 Å². The molecule has 2 heterocycles. The number of amides is 3. The molecule has 0 radical (unpaired) electrons. The fourth-order valence-electron chi connectivity index (χ4n) is 3.27. The number of carbonyl (C=O) groups excluding carboxylic acids is 3. The predicted molar refractivity (Wildman–Crippen MR) is 124 cm³/mol. The van der Waals surface area contributed by atoms with Crippen LogP contribution in [0, 0.1) is 0 Å². The largest absolute Gasteiger partial charge is 0.372 e. The van der Waals surface area contributed by atoms with Crippen LogP contribution in [0.15, 0.2) is 48.5 Å². The highest BCUT2D eigenvalue weighted by molar-refractivity contribution is 7.99. The van der Waals surface area contributed by atoms with Crippen LogP contribution < -0.4 is 21.3 Å². The van der Waals surface area contributed by atoms with E-state index in [4.69, 9.17) is 25.9 Å². The van der Waals surface area contributed by atoms with Crippen LogP contribution in [-0.4, -0.2) is 50.1 Å².